The van der Waals surface area contributed by atoms with Gasteiger partial charge in [-0.15, -0.1) is 0 Å². The third kappa shape index (κ3) is 5.86. The largest absolute Gasteiger partial charge is 0.444 e. The van der Waals surface area contributed by atoms with Crippen molar-refractivity contribution in [3.05, 3.63) is 0 Å². The van der Waals surface area contributed by atoms with Gasteiger partial charge in [0.15, 0.2) is 8.32 Å². The minimum Gasteiger partial charge on any atom is -0.444 e. The van der Waals surface area contributed by atoms with Crippen LogP contribution in [-0.2, 0) is 23.5 Å². The monoisotopic (exact) mass is 353 g/mol. The summed E-state index contributed by atoms with van der Waals surface area (Å²) in [4.78, 5) is 11.4. The van der Waals surface area contributed by atoms with Gasteiger partial charge in [-0.3, -0.25) is 4.18 Å². The van der Waals surface area contributed by atoms with E-state index in [4.69, 9.17) is 13.3 Å². The summed E-state index contributed by atoms with van der Waals surface area (Å²) in [7, 11) is -5.41. The number of cyclic esters (lactones) is 1. The second kappa shape index (κ2) is 6.86. The van der Waals surface area contributed by atoms with Crippen molar-refractivity contribution in [2.24, 2.45) is 0 Å². The molecule has 130 valence electrons. The van der Waals surface area contributed by atoms with E-state index in [2.05, 4.69) is 39.2 Å². The minimum absolute atomic E-state index is 0.0188. The highest BCUT2D eigenvalue weighted by molar-refractivity contribution is 7.85. The van der Waals surface area contributed by atoms with Gasteiger partial charge in [0, 0.05) is 6.42 Å². The second-order valence-electron chi connectivity index (χ2n) is 7.08. The molecule has 0 radical (unpaired) electrons. The molecule has 0 bridgehead atoms. The smallest absolute Gasteiger partial charge is 0.407 e. The van der Waals surface area contributed by atoms with Gasteiger partial charge in [-0.25, -0.2) is 4.79 Å². The maximum absolute atomic E-state index is 11.4. The first-order valence-corrected chi connectivity index (χ1v) is 12.0. The van der Waals surface area contributed by atoms with Gasteiger partial charge in [-0.2, -0.15) is 8.42 Å². The Morgan fingerprint density at radius 3 is 2.41 bits per heavy atom. The van der Waals surface area contributed by atoms with Crippen molar-refractivity contribution in [3.63, 3.8) is 0 Å². The van der Waals surface area contributed by atoms with Crippen molar-refractivity contribution in [3.8, 4) is 0 Å². The fraction of sp³-hybridized carbons (Fsp3) is 0.923. The molecule has 7 nitrogen and oxygen atoms in total. The quantitative estimate of drug-likeness (QED) is 0.555. The van der Waals surface area contributed by atoms with Gasteiger partial charge < -0.3 is 14.5 Å². The molecule has 1 aliphatic rings. The molecule has 0 aromatic heterocycles. The topological polar surface area (TPSA) is 90.9 Å². The summed E-state index contributed by atoms with van der Waals surface area (Å²) >= 11 is 0. The molecule has 0 unspecified atom stereocenters. The van der Waals surface area contributed by atoms with Crippen LogP contribution in [-0.4, -0.2) is 54.4 Å². The molecule has 0 spiro atoms. The first-order valence-electron chi connectivity index (χ1n) is 7.27. The number of hydrogen-bond acceptors (Lipinski definition) is 6. The van der Waals surface area contributed by atoms with Gasteiger partial charge in [-0.05, 0) is 18.1 Å². The molecule has 0 aromatic carbocycles. The van der Waals surface area contributed by atoms with Crippen LogP contribution in [0.3, 0.4) is 0 Å². The Balaban J connectivity index is 2.55. The molecular weight excluding hydrogens is 326 g/mol. The lowest BCUT2D eigenvalue weighted by Crippen LogP contribution is -2.46. The molecule has 1 aliphatic heterocycles. The predicted molar refractivity (Wildman–Crippen MR) is 85.8 cm³/mol. The number of amides is 1. The maximum Gasteiger partial charge on any atom is 0.407 e. The standard InChI is InChI=1S/C13H27NO6SSi/c1-13(2,3)22(5,6)19-9-10-11(20-12(15)14-10)7-8-18-21(4,16)17/h10-11H,7-9H2,1-6H3,(H,14,15)/t10-,11-/m0/s1. The van der Waals surface area contributed by atoms with Crippen LogP contribution < -0.4 is 5.32 Å². The molecule has 1 heterocycles. The summed E-state index contributed by atoms with van der Waals surface area (Å²) in [5, 5.41) is 2.78. The number of carbonyl (C=O) groups is 1. The Morgan fingerprint density at radius 1 is 1.32 bits per heavy atom. The minimum atomic E-state index is -3.49. The first-order chi connectivity index (χ1) is 9.82. The highest BCUT2D eigenvalue weighted by Gasteiger charge is 2.40. The third-order valence-electron chi connectivity index (χ3n) is 4.14. The molecule has 1 rings (SSSR count). The summed E-state index contributed by atoms with van der Waals surface area (Å²) in [5.74, 6) is 0. The summed E-state index contributed by atoms with van der Waals surface area (Å²) in [6, 6.07) is -0.287. The van der Waals surface area contributed by atoms with Crippen LogP contribution in [0.1, 0.15) is 27.2 Å². The van der Waals surface area contributed by atoms with Crippen LogP contribution in [0.4, 0.5) is 4.79 Å². The molecule has 1 fully saturated rings. The van der Waals surface area contributed by atoms with E-state index in [0.29, 0.717) is 13.0 Å². The number of hydrogen-bond donors (Lipinski definition) is 1. The number of carbonyl (C=O) groups excluding carboxylic acids is 1. The van der Waals surface area contributed by atoms with E-state index in [1.165, 1.54) is 0 Å². The molecule has 0 saturated carbocycles. The molecular formula is C13H27NO6SSi. The highest BCUT2D eigenvalue weighted by Crippen LogP contribution is 2.36. The molecule has 0 aliphatic carbocycles. The number of ether oxygens (including phenoxy) is 1. The van der Waals surface area contributed by atoms with Crippen molar-refractivity contribution in [1.82, 2.24) is 5.32 Å². The van der Waals surface area contributed by atoms with Crippen molar-refractivity contribution in [2.45, 2.75) is 57.5 Å². The average Bonchev–Trinajstić information content (AvgIpc) is 2.64. The third-order valence-corrected chi connectivity index (χ3v) is 9.24. The number of alkyl carbamates (subject to hydrolysis) is 1. The van der Waals surface area contributed by atoms with Crippen molar-refractivity contribution in [2.75, 3.05) is 19.5 Å². The summed E-state index contributed by atoms with van der Waals surface area (Å²) < 4.78 is 37.8. The lowest BCUT2D eigenvalue weighted by Gasteiger charge is -2.37. The zero-order valence-electron chi connectivity index (χ0n) is 14.1. The molecule has 1 amide bonds. The SMILES string of the molecule is CC(C)(C)[Si](C)(C)OC[C@@H]1NC(=O)O[C@H]1CCOS(C)(=O)=O. The fourth-order valence-electron chi connectivity index (χ4n) is 1.74. The van der Waals surface area contributed by atoms with Crippen LogP contribution in [0.5, 0.6) is 0 Å². The van der Waals surface area contributed by atoms with Gasteiger partial charge in [0.05, 0.1) is 25.5 Å². The van der Waals surface area contributed by atoms with E-state index >= 15 is 0 Å². The normalized spacial score (nSPS) is 23.3. The summed E-state index contributed by atoms with van der Waals surface area (Å²) in [5.41, 5.74) is 0. The summed E-state index contributed by atoms with van der Waals surface area (Å²) in [6.07, 6.45) is 0.341. The lowest BCUT2D eigenvalue weighted by molar-refractivity contribution is 0.103. The lowest BCUT2D eigenvalue weighted by atomic mass is 10.1. The van der Waals surface area contributed by atoms with E-state index < -0.39 is 30.6 Å². The zero-order valence-corrected chi connectivity index (χ0v) is 16.0. The highest BCUT2D eigenvalue weighted by atomic mass is 32.2. The summed E-state index contributed by atoms with van der Waals surface area (Å²) in [6.45, 7) is 11.0. The van der Waals surface area contributed by atoms with Gasteiger partial charge in [0.1, 0.15) is 6.10 Å². The van der Waals surface area contributed by atoms with E-state index in [9.17, 15) is 13.2 Å². The van der Waals surface area contributed by atoms with Crippen LogP contribution in [0, 0.1) is 0 Å². The maximum atomic E-state index is 11.4. The van der Waals surface area contributed by atoms with Gasteiger partial charge in [0.25, 0.3) is 10.1 Å². The second-order valence-corrected chi connectivity index (χ2v) is 13.5. The van der Waals surface area contributed by atoms with Gasteiger partial charge in [-0.1, -0.05) is 20.8 Å². The van der Waals surface area contributed by atoms with Crippen LogP contribution in [0.25, 0.3) is 0 Å². The molecule has 0 aromatic rings. The molecule has 1 N–H and O–H groups in total. The first kappa shape index (κ1) is 19.4. The average molecular weight is 354 g/mol. The van der Waals surface area contributed by atoms with Crippen molar-refractivity contribution in [1.29, 1.82) is 0 Å². The Morgan fingerprint density at radius 2 is 1.91 bits per heavy atom. The number of nitrogens with one attached hydrogen (secondary N) is 1. The number of rotatable bonds is 7. The Labute approximate surface area is 134 Å². The van der Waals surface area contributed by atoms with Crippen LogP contribution >= 0.6 is 0 Å². The molecule has 9 heteroatoms. The van der Waals surface area contributed by atoms with E-state index in [1.54, 1.807) is 0 Å². The van der Waals surface area contributed by atoms with Gasteiger partial charge >= 0.3 is 6.09 Å². The Bertz CT molecular complexity index is 499. The zero-order chi connectivity index (χ0) is 17.2. The van der Waals surface area contributed by atoms with Gasteiger partial charge in [0.2, 0.25) is 0 Å². The molecule has 22 heavy (non-hydrogen) atoms. The van der Waals surface area contributed by atoms with E-state index in [0.717, 1.165) is 6.26 Å². The van der Waals surface area contributed by atoms with Crippen molar-refractivity contribution >= 4 is 24.5 Å². The fourth-order valence-corrected chi connectivity index (χ4v) is 3.17. The van der Waals surface area contributed by atoms with Crippen molar-refractivity contribution < 1.29 is 26.6 Å². The molecule has 2 atom stereocenters. The van der Waals surface area contributed by atoms with Crippen LogP contribution in [0.15, 0.2) is 0 Å². The Hall–Kier alpha value is -0.643. The predicted octanol–water partition coefficient (Wildman–Crippen LogP) is 1.85. The van der Waals surface area contributed by atoms with E-state index in [1.807, 2.05) is 0 Å². The Kier molecular flexibility index (Phi) is 6.05. The molecule has 1 saturated heterocycles. The van der Waals surface area contributed by atoms with E-state index in [-0.39, 0.29) is 17.7 Å². The van der Waals surface area contributed by atoms with Crippen LogP contribution in [0.2, 0.25) is 18.1 Å².